The molecule has 0 aromatic carbocycles. The van der Waals surface area contributed by atoms with Gasteiger partial charge in [-0.25, -0.2) is 9.59 Å². The third-order valence-electron chi connectivity index (χ3n) is 0.227. The molecule has 2 heteroatoms. The van der Waals surface area contributed by atoms with Gasteiger partial charge in [0.2, 0.25) is 0 Å². The highest BCUT2D eigenvalue weighted by Crippen LogP contribution is 1.37. The first kappa shape index (κ1) is 5.50. The molecule has 0 amide bonds. The van der Waals surface area contributed by atoms with Crippen molar-refractivity contribution in [2.75, 3.05) is 0 Å². The molecule has 0 aromatic rings. The Bertz CT molecular complexity index is 188. The van der Waals surface area contributed by atoms with Crippen LogP contribution in [0.5, 0.6) is 0 Å². The normalized spacial score (nSPS) is 3.43. The molecule has 0 unspecified atom stereocenters. The zero-order valence-electron chi connectivity index (χ0n) is 3.32. The van der Waals surface area contributed by atoms with Gasteiger partial charge in [0.15, 0.2) is 11.9 Å². The molecule has 0 saturated heterocycles. The van der Waals surface area contributed by atoms with Gasteiger partial charge in [0.25, 0.3) is 0 Å². The first-order valence-electron chi connectivity index (χ1n) is 1.41. The van der Waals surface area contributed by atoms with Crippen LogP contribution >= 0.6 is 0 Å². The van der Waals surface area contributed by atoms with Crippen LogP contribution in [-0.2, 0) is 9.59 Å². The van der Waals surface area contributed by atoms with Gasteiger partial charge >= 0.3 is 0 Å². The summed E-state index contributed by atoms with van der Waals surface area (Å²) in [7, 11) is 0. The summed E-state index contributed by atoms with van der Waals surface area (Å²) in [5.41, 5.74) is 5.58. The molecule has 0 atom stereocenters. The second-order valence-corrected chi connectivity index (χ2v) is 0.579. The molecule has 0 rings (SSSR count). The first-order valence-corrected chi connectivity index (χ1v) is 1.41. The molecule has 0 spiro atoms. The topological polar surface area (TPSA) is 34.1 Å². The van der Waals surface area contributed by atoms with E-state index in [0.29, 0.717) is 0 Å². The maximum atomic E-state index is 9.21. The van der Waals surface area contributed by atoms with Crippen molar-refractivity contribution in [2.24, 2.45) is 0 Å². The summed E-state index contributed by atoms with van der Waals surface area (Å²) in [6.07, 6.45) is 0. The summed E-state index contributed by atoms with van der Waals surface area (Å²) in [5, 5.41) is 0. The van der Waals surface area contributed by atoms with Crippen molar-refractivity contribution < 1.29 is 9.59 Å². The molecular weight excluding hydrogens is 92.1 g/mol. The van der Waals surface area contributed by atoms with Crippen LogP contribution in [0.15, 0.2) is 17.2 Å². The fourth-order valence-electron chi connectivity index (χ4n) is 0.0823. The molecule has 0 N–H and O–H groups in total. The molecule has 0 saturated carbocycles. The minimum atomic E-state index is 1.25. The number of carbonyl (C=O) groups excluding carboxylic acids is 2. The van der Waals surface area contributed by atoms with E-state index in [0.717, 1.165) is 0 Å². The Morgan fingerprint density at radius 2 is 1.14 bits per heavy atom. The quantitative estimate of drug-likeness (QED) is 0.303. The Morgan fingerprint density at radius 3 is 1.43 bits per heavy atom. The van der Waals surface area contributed by atoms with Crippen molar-refractivity contribution in [3.05, 3.63) is 17.2 Å². The van der Waals surface area contributed by atoms with Crippen molar-refractivity contribution in [2.45, 2.75) is 0 Å². The predicted molar refractivity (Wildman–Crippen MR) is 21.9 cm³/mol. The van der Waals surface area contributed by atoms with Crippen molar-refractivity contribution >= 4 is 11.9 Å². The molecule has 0 aliphatic carbocycles. The predicted octanol–water partition coefficient (Wildman–Crippen LogP) is -0.329. The maximum absolute atomic E-state index is 9.21. The highest BCUT2D eigenvalue weighted by Gasteiger charge is 1.36. The molecule has 0 aromatic heterocycles. The Balaban J connectivity index is 4.89. The smallest absolute Gasteiger partial charge is 0.186 e. The summed E-state index contributed by atoms with van der Waals surface area (Å²) < 4.78 is 0. The molecule has 2 nitrogen and oxygen atoms in total. The number of rotatable bonds is 0. The van der Waals surface area contributed by atoms with Gasteiger partial charge in [-0.3, -0.25) is 0 Å². The lowest BCUT2D eigenvalue weighted by atomic mass is 10.8. The van der Waals surface area contributed by atoms with Crippen molar-refractivity contribution in [3.8, 4) is 0 Å². The molecule has 32 valence electrons. The molecule has 0 fully saturated rings. The van der Waals surface area contributed by atoms with Crippen LogP contribution in [0, 0.1) is 0 Å². The monoisotopic (exact) mass is 92.0 g/mol. The molecule has 0 heterocycles. The minimum absolute atomic E-state index is 1.25. The van der Waals surface area contributed by atoms with Crippen molar-refractivity contribution in [1.82, 2.24) is 0 Å². The van der Waals surface area contributed by atoms with Gasteiger partial charge in [-0.2, -0.15) is 0 Å². The average molecular weight is 92.1 g/mol. The van der Waals surface area contributed by atoms with E-state index in [9.17, 15) is 9.59 Å². The van der Waals surface area contributed by atoms with Crippen LogP contribution in [0.3, 0.4) is 0 Å². The fraction of sp³-hybridized carbons (Fsp3) is 0. The Kier molecular flexibility index (Phi) is 3.54. The zero-order chi connectivity index (χ0) is 5.54. The third kappa shape index (κ3) is 4.50. The van der Waals surface area contributed by atoms with Crippen LogP contribution in [0.1, 0.15) is 0 Å². The van der Waals surface area contributed by atoms with Crippen molar-refractivity contribution in [3.63, 3.8) is 0 Å². The number of hydrogen-bond donors (Lipinski definition) is 0. The maximum Gasteiger partial charge on any atom is 0.186 e. The van der Waals surface area contributed by atoms with Gasteiger partial charge in [-0.1, -0.05) is 0 Å². The van der Waals surface area contributed by atoms with E-state index in [4.69, 9.17) is 0 Å². The third-order valence-corrected chi connectivity index (χ3v) is 0.227. The second-order valence-electron chi connectivity index (χ2n) is 0.579. The second kappa shape index (κ2) is 4.50. The minimum Gasteiger partial charge on any atom is -0.223 e. The highest BCUT2D eigenvalue weighted by atomic mass is 16.1. The van der Waals surface area contributed by atoms with Gasteiger partial charge in [-0.05, 0) is 0 Å². The molecule has 7 heavy (non-hydrogen) atoms. The SMILES string of the molecule is O=C=C=C=C=C=O. The van der Waals surface area contributed by atoms with Crippen LogP contribution in [0.2, 0.25) is 0 Å². The van der Waals surface area contributed by atoms with E-state index >= 15 is 0 Å². The lowest BCUT2D eigenvalue weighted by molar-refractivity contribution is 0.569. The van der Waals surface area contributed by atoms with E-state index in [2.05, 4.69) is 0 Å². The van der Waals surface area contributed by atoms with Crippen LogP contribution < -0.4 is 0 Å². The van der Waals surface area contributed by atoms with Crippen LogP contribution in [0.4, 0.5) is 0 Å². The largest absolute Gasteiger partial charge is 0.223 e. The standard InChI is InChI=1S/C5O2/c6-4-2-1-3-5-7. The fourth-order valence-corrected chi connectivity index (χ4v) is 0.0823. The zero-order valence-corrected chi connectivity index (χ0v) is 3.32. The van der Waals surface area contributed by atoms with E-state index in [1.165, 1.54) is 11.9 Å². The summed E-state index contributed by atoms with van der Waals surface area (Å²) in [6, 6.07) is 0. The van der Waals surface area contributed by atoms with E-state index < -0.39 is 0 Å². The molecule has 0 aliphatic heterocycles. The van der Waals surface area contributed by atoms with Gasteiger partial charge in [0, 0.05) is 17.2 Å². The van der Waals surface area contributed by atoms with Gasteiger partial charge in [0.05, 0.1) is 0 Å². The summed E-state index contributed by atoms with van der Waals surface area (Å²) >= 11 is 0. The van der Waals surface area contributed by atoms with Crippen molar-refractivity contribution in [1.29, 1.82) is 0 Å². The molecular formula is C5O2. The van der Waals surface area contributed by atoms with E-state index in [1.807, 2.05) is 17.2 Å². The van der Waals surface area contributed by atoms with Crippen LogP contribution in [0.25, 0.3) is 0 Å². The van der Waals surface area contributed by atoms with E-state index in [1.54, 1.807) is 0 Å². The first-order chi connectivity index (χ1) is 3.41. The molecule has 0 radical (unpaired) electrons. The van der Waals surface area contributed by atoms with Crippen LogP contribution in [-0.4, -0.2) is 11.9 Å². The summed E-state index contributed by atoms with van der Waals surface area (Å²) in [6.45, 7) is 0. The van der Waals surface area contributed by atoms with Gasteiger partial charge < -0.3 is 0 Å². The Labute approximate surface area is 39.8 Å². The lowest BCUT2D eigenvalue weighted by Crippen LogP contribution is -1.32. The van der Waals surface area contributed by atoms with E-state index in [-0.39, 0.29) is 0 Å². The van der Waals surface area contributed by atoms with Gasteiger partial charge in [0.1, 0.15) is 0 Å². The molecule has 0 bridgehead atoms. The Morgan fingerprint density at radius 1 is 0.714 bits per heavy atom. The van der Waals surface area contributed by atoms with Gasteiger partial charge in [-0.15, -0.1) is 0 Å². The Hall–Kier alpha value is -1.50. The number of hydrogen-bond acceptors (Lipinski definition) is 2. The molecule has 0 aliphatic rings. The average Bonchev–Trinajstić information content (AvgIpc) is 1.69. The highest BCUT2D eigenvalue weighted by molar-refractivity contribution is 5.46. The summed E-state index contributed by atoms with van der Waals surface area (Å²) in [5.74, 6) is 2.50. The lowest BCUT2D eigenvalue weighted by Gasteiger charge is -1.27. The summed E-state index contributed by atoms with van der Waals surface area (Å²) in [4.78, 5) is 18.4.